The maximum atomic E-state index is 13.5. The van der Waals surface area contributed by atoms with Gasteiger partial charge < -0.3 is 5.73 Å². The smallest absolute Gasteiger partial charge is 0.200 e. The minimum atomic E-state index is -2.28. The summed E-state index contributed by atoms with van der Waals surface area (Å²) in [5.74, 6) is -11.7. The Morgan fingerprint density at radius 3 is 1.68 bits per heavy atom. The third kappa shape index (κ3) is 1.91. The highest BCUT2D eigenvalue weighted by molar-refractivity contribution is 5.77. The zero-order valence-corrected chi connectivity index (χ0v) is 9.08. The van der Waals surface area contributed by atoms with Crippen molar-refractivity contribution in [1.29, 1.82) is 0 Å². The van der Waals surface area contributed by atoms with Crippen molar-refractivity contribution in [2.45, 2.75) is 0 Å². The number of halogens is 6. The van der Waals surface area contributed by atoms with E-state index < -0.39 is 51.7 Å². The van der Waals surface area contributed by atoms with E-state index in [0.29, 0.717) is 0 Å². The molecule has 0 aliphatic carbocycles. The zero-order chi connectivity index (χ0) is 14.3. The van der Waals surface area contributed by atoms with Crippen LogP contribution in [0.1, 0.15) is 0 Å². The molecule has 0 aromatic heterocycles. The van der Waals surface area contributed by atoms with E-state index in [1.165, 1.54) is 0 Å². The van der Waals surface area contributed by atoms with Crippen LogP contribution >= 0.6 is 0 Å². The molecule has 0 radical (unpaired) electrons. The lowest BCUT2D eigenvalue weighted by Gasteiger charge is -2.10. The Labute approximate surface area is 103 Å². The van der Waals surface area contributed by atoms with Gasteiger partial charge in [0.05, 0.1) is 11.3 Å². The molecule has 2 aromatic rings. The van der Waals surface area contributed by atoms with E-state index >= 15 is 0 Å². The molecule has 0 amide bonds. The van der Waals surface area contributed by atoms with E-state index in [0.717, 1.165) is 18.2 Å². The van der Waals surface area contributed by atoms with E-state index in [-0.39, 0.29) is 0 Å². The third-order valence-electron chi connectivity index (χ3n) is 2.53. The first-order valence-corrected chi connectivity index (χ1v) is 4.92. The van der Waals surface area contributed by atoms with Gasteiger partial charge >= 0.3 is 0 Å². The van der Waals surface area contributed by atoms with E-state index in [1.54, 1.807) is 0 Å². The van der Waals surface area contributed by atoms with Gasteiger partial charge in [-0.15, -0.1) is 0 Å². The largest absolute Gasteiger partial charge is 0.396 e. The minimum Gasteiger partial charge on any atom is -0.396 e. The molecule has 0 bridgehead atoms. The number of nitrogen functional groups attached to an aromatic ring is 1. The maximum Gasteiger partial charge on any atom is 0.200 e. The second-order valence-corrected chi connectivity index (χ2v) is 3.65. The molecule has 2 aromatic carbocycles. The van der Waals surface area contributed by atoms with Gasteiger partial charge in [0.1, 0.15) is 5.82 Å². The Kier molecular flexibility index (Phi) is 3.13. The fourth-order valence-electron chi connectivity index (χ4n) is 1.60. The molecule has 0 saturated heterocycles. The Hall–Kier alpha value is -2.18. The van der Waals surface area contributed by atoms with Gasteiger partial charge in [0.25, 0.3) is 0 Å². The molecule has 7 heteroatoms. The molecule has 2 rings (SSSR count). The highest BCUT2D eigenvalue weighted by Crippen LogP contribution is 2.35. The SMILES string of the molecule is Nc1c(F)cccc1-c1c(F)c(F)c(F)c(F)c1F. The normalized spacial score (nSPS) is 10.8. The average molecular weight is 277 g/mol. The van der Waals surface area contributed by atoms with Crippen LogP contribution in [0.25, 0.3) is 11.1 Å². The van der Waals surface area contributed by atoms with E-state index in [1.807, 2.05) is 0 Å². The fraction of sp³-hybridized carbons (Fsp3) is 0. The third-order valence-corrected chi connectivity index (χ3v) is 2.53. The van der Waals surface area contributed by atoms with Crippen LogP contribution in [0.3, 0.4) is 0 Å². The van der Waals surface area contributed by atoms with Crippen molar-refractivity contribution in [2.75, 3.05) is 5.73 Å². The second kappa shape index (κ2) is 4.49. The molecule has 19 heavy (non-hydrogen) atoms. The van der Waals surface area contributed by atoms with Crippen molar-refractivity contribution < 1.29 is 26.3 Å². The predicted octanol–water partition coefficient (Wildman–Crippen LogP) is 3.77. The summed E-state index contributed by atoms with van der Waals surface area (Å²) in [6.45, 7) is 0. The standard InChI is InChI=1S/C12H5F6N/c13-5-3-1-2-4(12(5)19)6-7(14)9(16)11(18)10(17)8(6)15/h1-3H,19H2. The Morgan fingerprint density at radius 2 is 1.16 bits per heavy atom. The number of para-hydroxylation sites is 1. The molecule has 2 N–H and O–H groups in total. The molecule has 0 spiro atoms. The molecule has 0 unspecified atom stereocenters. The van der Waals surface area contributed by atoms with Crippen molar-refractivity contribution in [2.24, 2.45) is 0 Å². The summed E-state index contributed by atoms with van der Waals surface area (Å²) in [5.41, 5.74) is 2.68. The molecular formula is C12H5F6N. The molecule has 1 nitrogen and oxygen atoms in total. The van der Waals surface area contributed by atoms with Gasteiger partial charge in [-0.25, -0.2) is 26.3 Å². The first kappa shape index (κ1) is 13.3. The lowest BCUT2D eigenvalue weighted by Crippen LogP contribution is -2.06. The molecule has 0 saturated carbocycles. The second-order valence-electron chi connectivity index (χ2n) is 3.65. The van der Waals surface area contributed by atoms with Gasteiger partial charge in [0.2, 0.25) is 5.82 Å². The molecule has 0 aliphatic rings. The van der Waals surface area contributed by atoms with Crippen molar-refractivity contribution in [3.8, 4) is 11.1 Å². The number of rotatable bonds is 1. The zero-order valence-electron chi connectivity index (χ0n) is 9.08. The maximum absolute atomic E-state index is 13.5. The molecule has 0 aliphatic heterocycles. The van der Waals surface area contributed by atoms with Gasteiger partial charge in [-0.1, -0.05) is 12.1 Å². The van der Waals surface area contributed by atoms with Crippen LogP contribution in [-0.4, -0.2) is 0 Å². The van der Waals surface area contributed by atoms with Crippen LogP contribution in [-0.2, 0) is 0 Å². The molecular weight excluding hydrogens is 272 g/mol. The number of anilines is 1. The summed E-state index contributed by atoms with van der Waals surface area (Å²) in [5, 5.41) is 0. The number of nitrogens with two attached hydrogens (primary N) is 1. The Balaban J connectivity index is 2.87. The van der Waals surface area contributed by atoms with Gasteiger partial charge in [0.15, 0.2) is 23.3 Å². The van der Waals surface area contributed by atoms with E-state index in [2.05, 4.69) is 0 Å². The summed E-state index contributed by atoms with van der Waals surface area (Å²) >= 11 is 0. The monoisotopic (exact) mass is 277 g/mol. The summed E-state index contributed by atoms with van der Waals surface area (Å²) in [4.78, 5) is 0. The summed E-state index contributed by atoms with van der Waals surface area (Å²) in [6.07, 6.45) is 0. The average Bonchev–Trinajstić information content (AvgIpc) is 2.39. The summed E-state index contributed by atoms with van der Waals surface area (Å²) < 4.78 is 79.1. The van der Waals surface area contributed by atoms with Crippen molar-refractivity contribution in [3.05, 3.63) is 53.1 Å². The molecule has 100 valence electrons. The number of benzene rings is 2. The van der Waals surface area contributed by atoms with Crippen LogP contribution in [0, 0.1) is 34.9 Å². The van der Waals surface area contributed by atoms with E-state index in [9.17, 15) is 26.3 Å². The Bertz CT molecular complexity index is 639. The molecule has 0 atom stereocenters. The number of hydrogen-bond acceptors (Lipinski definition) is 1. The van der Waals surface area contributed by atoms with Crippen LogP contribution in [0.2, 0.25) is 0 Å². The van der Waals surface area contributed by atoms with Crippen LogP contribution in [0.15, 0.2) is 18.2 Å². The lowest BCUT2D eigenvalue weighted by atomic mass is 10.0. The topological polar surface area (TPSA) is 26.0 Å². The molecule has 0 heterocycles. The summed E-state index contributed by atoms with van der Waals surface area (Å²) in [6, 6.07) is 2.89. The minimum absolute atomic E-state index is 0.604. The van der Waals surface area contributed by atoms with Crippen molar-refractivity contribution >= 4 is 5.69 Å². The first-order chi connectivity index (χ1) is 8.86. The Morgan fingerprint density at radius 1 is 0.684 bits per heavy atom. The quantitative estimate of drug-likeness (QED) is 0.365. The van der Waals surface area contributed by atoms with Gasteiger partial charge in [-0.2, -0.15) is 0 Å². The predicted molar refractivity (Wildman–Crippen MR) is 56.0 cm³/mol. The van der Waals surface area contributed by atoms with Crippen LogP contribution in [0.5, 0.6) is 0 Å². The first-order valence-electron chi connectivity index (χ1n) is 4.92. The number of hydrogen-bond donors (Lipinski definition) is 1. The van der Waals surface area contributed by atoms with Gasteiger partial charge in [-0.3, -0.25) is 0 Å². The van der Waals surface area contributed by atoms with Gasteiger partial charge in [-0.05, 0) is 6.07 Å². The van der Waals surface area contributed by atoms with Gasteiger partial charge in [0, 0.05) is 5.56 Å². The summed E-state index contributed by atoms with van der Waals surface area (Å²) in [7, 11) is 0. The highest BCUT2D eigenvalue weighted by atomic mass is 19.2. The fourth-order valence-corrected chi connectivity index (χ4v) is 1.60. The van der Waals surface area contributed by atoms with Crippen molar-refractivity contribution in [3.63, 3.8) is 0 Å². The van der Waals surface area contributed by atoms with Crippen LogP contribution in [0.4, 0.5) is 32.0 Å². The van der Waals surface area contributed by atoms with Crippen LogP contribution < -0.4 is 5.73 Å². The highest BCUT2D eigenvalue weighted by Gasteiger charge is 2.27. The lowest BCUT2D eigenvalue weighted by molar-refractivity contribution is 0.381. The molecule has 0 fully saturated rings. The van der Waals surface area contributed by atoms with E-state index in [4.69, 9.17) is 5.73 Å². The van der Waals surface area contributed by atoms with Crippen molar-refractivity contribution in [1.82, 2.24) is 0 Å².